The molecule has 0 aromatic heterocycles. The Morgan fingerprint density at radius 1 is 1.24 bits per heavy atom. The molecule has 0 saturated carbocycles. The maximum absolute atomic E-state index is 11.7. The van der Waals surface area contributed by atoms with Crippen molar-refractivity contribution in [2.45, 2.75) is 26.7 Å². The molecule has 0 saturated heterocycles. The Bertz CT molecular complexity index is 368. The van der Waals surface area contributed by atoms with E-state index in [1.165, 1.54) is 18.2 Å². The Hall–Kier alpha value is -1.71. The van der Waals surface area contributed by atoms with Gasteiger partial charge in [-0.2, -0.15) is 0 Å². The maximum atomic E-state index is 11.7. The second-order valence-corrected chi connectivity index (χ2v) is 4.53. The number of nitrogens with one attached hydrogen (secondary N) is 1. The molecule has 1 amide bonds. The summed E-state index contributed by atoms with van der Waals surface area (Å²) >= 11 is 0. The summed E-state index contributed by atoms with van der Waals surface area (Å²) in [6.07, 6.45) is 1.99. The average molecular weight is 237 g/mol. The Balaban J connectivity index is 2.47. The van der Waals surface area contributed by atoms with Crippen molar-refractivity contribution in [3.05, 3.63) is 23.8 Å². The third-order valence-corrected chi connectivity index (χ3v) is 2.41. The zero-order valence-electron chi connectivity index (χ0n) is 10.2. The van der Waals surface area contributed by atoms with E-state index in [9.17, 15) is 15.0 Å². The first-order valence-electron chi connectivity index (χ1n) is 5.80. The van der Waals surface area contributed by atoms with E-state index in [4.69, 9.17) is 0 Å². The van der Waals surface area contributed by atoms with Crippen LogP contribution in [-0.2, 0) is 0 Å². The molecule has 0 unspecified atom stereocenters. The summed E-state index contributed by atoms with van der Waals surface area (Å²) in [5.74, 6) is 0.117. The van der Waals surface area contributed by atoms with Gasteiger partial charge in [-0.15, -0.1) is 0 Å². The SMILES string of the molecule is CC(C)CCCNC(=O)c1cc(O)cc(O)c1. The molecule has 0 spiro atoms. The minimum atomic E-state index is -0.278. The molecular weight excluding hydrogens is 218 g/mol. The van der Waals surface area contributed by atoms with Crippen molar-refractivity contribution >= 4 is 5.91 Å². The lowest BCUT2D eigenvalue weighted by Gasteiger charge is -2.07. The summed E-state index contributed by atoms with van der Waals surface area (Å²) in [6.45, 7) is 4.87. The predicted octanol–water partition coefficient (Wildman–Crippen LogP) is 2.26. The predicted molar refractivity (Wildman–Crippen MR) is 66.2 cm³/mol. The van der Waals surface area contributed by atoms with Crippen molar-refractivity contribution in [2.24, 2.45) is 5.92 Å². The minimum absolute atomic E-state index is 0.114. The van der Waals surface area contributed by atoms with Gasteiger partial charge in [0, 0.05) is 18.2 Å². The molecular formula is C13H19NO3. The smallest absolute Gasteiger partial charge is 0.251 e. The molecule has 0 atom stereocenters. The van der Waals surface area contributed by atoms with Crippen molar-refractivity contribution in [3.8, 4) is 11.5 Å². The number of carbonyl (C=O) groups excluding carboxylic acids is 1. The molecule has 17 heavy (non-hydrogen) atoms. The van der Waals surface area contributed by atoms with Gasteiger partial charge in [-0.3, -0.25) is 4.79 Å². The molecule has 3 N–H and O–H groups in total. The lowest BCUT2D eigenvalue weighted by atomic mass is 10.1. The van der Waals surface area contributed by atoms with E-state index in [0.717, 1.165) is 12.8 Å². The van der Waals surface area contributed by atoms with Crippen molar-refractivity contribution in [3.63, 3.8) is 0 Å². The van der Waals surface area contributed by atoms with Crippen LogP contribution < -0.4 is 5.32 Å². The first-order valence-corrected chi connectivity index (χ1v) is 5.80. The van der Waals surface area contributed by atoms with E-state index in [1.54, 1.807) is 0 Å². The zero-order valence-corrected chi connectivity index (χ0v) is 10.2. The summed E-state index contributed by atoms with van der Waals surface area (Å²) in [6, 6.07) is 3.85. The van der Waals surface area contributed by atoms with E-state index < -0.39 is 0 Å². The van der Waals surface area contributed by atoms with E-state index in [2.05, 4.69) is 19.2 Å². The van der Waals surface area contributed by atoms with E-state index in [-0.39, 0.29) is 23.0 Å². The number of aromatic hydroxyl groups is 2. The molecule has 1 aromatic rings. The van der Waals surface area contributed by atoms with Crippen LogP contribution in [0.25, 0.3) is 0 Å². The summed E-state index contributed by atoms with van der Waals surface area (Å²) in [5.41, 5.74) is 0.270. The van der Waals surface area contributed by atoms with Crippen LogP contribution in [0.15, 0.2) is 18.2 Å². The summed E-state index contributed by atoms with van der Waals surface area (Å²) < 4.78 is 0. The number of hydrogen-bond donors (Lipinski definition) is 3. The number of rotatable bonds is 5. The highest BCUT2D eigenvalue weighted by Crippen LogP contribution is 2.20. The van der Waals surface area contributed by atoms with Gasteiger partial charge in [0.05, 0.1) is 0 Å². The largest absolute Gasteiger partial charge is 0.508 e. The van der Waals surface area contributed by atoms with Crippen LogP contribution in [0.3, 0.4) is 0 Å². The molecule has 4 nitrogen and oxygen atoms in total. The Morgan fingerprint density at radius 3 is 2.35 bits per heavy atom. The zero-order chi connectivity index (χ0) is 12.8. The number of benzene rings is 1. The lowest BCUT2D eigenvalue weighted by Crippen LogP contribution is -2.24. The fraction of sp³-hybridized carbons (Fsp3) is 0.462. The van der Waals surface area contributed by atoms with Gasteiger partial charge in [0.25, 0.3) is 5.91 Å². The monoisotopic (exact) mass is 237 g/mol. The molecule has 0 aliphatic carbocycles. The number of amides is 1. The first kappa shape index (κ1) is 13.4. The van der Waals surface area contributed by atoms with Crippen LogP contribution in [0, 0.1) is 5.92 Å². The van der Waals surface area contributed by atoms with Gasteiger partial charge in [0.2, 0.25) is 0 Å². The van der Waals surface area contributed by atoms with Crippen LogP contribution in [0.2, 0.25) is 0 Å². The molecule has 0 radical (unpaired) electrons. The second kappa shape index (κ2) is 6.13. The standard InChI is InChI=1S/C13H19NO3/c1-9(2)4-3-5-14-13(17)10-6-11(15)8-12(16)7-10/h6-9,15-16H,3-5H2,1-2H3,(H,14,17). The summed E-state index contributed by atoms with van der Waals surface area (Å²) in [4.78, 5) is 11.7. The highest BCUT2D eigenvalue weighted by Gasteiger charge is 2.07. The fourth-order valence-electron chi connectivity index (χ4n) is 1.54. The fourth-order valence-corrected chi connectivity index (χ4v) is 1.54. The second-order valence-electron chi connectivity index (χ2n) is 4.53. The first-order chi connectivity index (χ1) is 7.99. The van der Waals surface area contributed by atoms with Crippen LogP contribution >= 0.6 is 0 Å². The molecule has 0 bridgehead atoms. The molecule has 4 heteroatoms. The number of carbonyl (C=O) groups is 1. The van der Waals surface area contributed by atoms with Gasteiger partial charge < -0.3 is 15.5 Å². The minimum Gasteiger partial charge on any atom is -0.508 e. The molecule has 0 aliphatic heterocycles. The van der Waals surface area contributed by atoms with Crippen LogP contribution in [0.5, 0.6) is 11.5 Å². The highest BCUT2D eigenvalue weighted by atomic mass is 16.3. The topological polar surface area (TPSA) is 69.6 Å². The van der Waals surface area contributed by atoms with Gasteiger partial charge >= 0.3 is 0 Å². The van der Waals surface area contributed by atoms with Crippen molar-refractivity contribution in [1.82, 2.24) is 5.32 Å². The number of phenols is 2. The number of phenolic OH excluding ortho intramolecular Hbond substituents is 2. The normalized spacial score (nSPS) is 10.5. The molecule has 0 fully saturated rings. The molecule has 1 aromatic carbocycles. The van der Waals surface area contributed by atoms with E-state index >= 15 is 0 Å². The summed E-state index contributed by atoms with van der Waals surface area (Å²) in [7, 11) is 0. The van der Waals surface area contributed by atoms with Gasteiger partial charge in [-0.1, -0.05) is 13.8 Å². The summed E-state index contributed by atoms with van der Waals surface area (Å²) in [5, 5.41) is 21.2. The van der Waals surface area contributed by atoms with Crippen LogP contribution in [-0.4, -0.2) is 22.7 Å². The maximum Gasteiger partial charge on any atom is 0.251 e. The molecule has 0 aliphatic rings. The average Bonchev–Trinajstić information content (AvgIpc) is 2.22. The molecule has 0 heterocycles. The Labute approximate surface area is 101 Å². The highest BCUT2D eigenvalue weighted by molar-refractivity contribution is 5.94. The molecule has 94 valence electrons. The van der Waals surface area contributed by atoms with Gasteiger partial charge in [-0.05, 0) is 30.9 Å². The number of hydrogen-bond acceptors (Lipinski definition) is 3. The lowest BCUT2D eigenvalue weighted by molar-refractivity contribution is 0.0951. The third kappa shape index (κ3) is 4.76. The Kier molecular flexibility index (Phi) is 4.82. The van der Waals surface area contributed by atoms with Gasteiger partial charge in [0.15, 0.2) is 0 Å². The van der Waals surface area contributed by atoms with Crippen molar-refractivity contribution in [2.75, 3.05) is 6.54 Å². The van der Waals surface area contributed by atoms with Crippen LogP contribution in [0.4, 0.5) is 0 Å². The molecule has 1 rings (SSSR count). The van der Waals surface area contributed by atoms with Crippen LogP contribution in [0.1, 0.15) is 37.0 Å². The van der Waals surface area contributed by atoms with Gasteiger partial charge in [0.1, 0.15) is 11.5 Å². The quantitative estimate of drug-likeness (QED) is 0.688. The van der Waals surface area contributed by atoms with E-state index in [1.807, 2.05) is 0 Å². The third-order valence-electron chi connectivity index (χ3n) is 2.41. The van der Waals surface area contributed by atoms with Crippen molar-refractivity contribution in [1.29, 1.82) is 0 Å². The van der Waals surface area contributed by atoms with E-state index in [0.29, 0.717) is 12.5 Å². The Morgan fingerprint density at radius 2 is 1.82 bits per heavy atom. The van der Waals surface area contributed by atoms with Crippen molar-refractivity contribution < 1.29 is 15.0 Å². The van der Waals surface area contributed by atoms with Gasteiger partial charge in [-0.25, -0.2) is 0 Å².